The van der Waals surface area contributed by atoms with Crippen LogP contribution < -0.4 is 15.4 Å². The summed E-state index contributed by atoms with van der Waals surface area (Å²) in [6.07, 6.45) is -5.01. The van der Waals surface area contributed by atoms with Gasteiger partial charge in [0.25, 0.3) is 0 Å². The average molecular weight is 538 g/mol. The maximum atomic E-state index is 13.0. The minimum absolute atomic E-state index is 0.0944. The van der Waals surface area contributed by atoms with E-state index < -0.39 is 27.0 Å². The van der Waals surface area contributed by atoms with Crippen molar-refractivity contribution in [2.45, 2.75) is 18.2 Å². The molecule has 1 aromatic heterocycles. The Hall–Kier alpha value is -3.42. The third-order valence-electron chi connectivity index (χ3n) is 5.83. The predicted molar refractivity (Wildman–Crippen MR) is 132 cm³/mol. The Kier molecular flexibility index (Phi) is 7.85. The van der Waals surface area contributed by atoms with Crippen molar-refractivity contribution >= 4 is 32.6 Å². The van der Waals surface area contributed by atoms with Gasteiger partial charge in [0, 0.05) is 50.3 Å². The standard InChI is InChI=1S/C24H26F3N5O4S/c1-17-16-20(18-6-2-3-7-19(18)29-17)30-23(33)28-10-11-31-12-14-32(15-13-31)37(34,35)22-9-5-4-8-21(22)36-24(25,26)27/h2-9,16H,10-15H2,1H3,(H2,28,29,30,33). The largest absolute Gasteiger partial charge is 0.573 e. The van der Waals surface area contributed by atoms with Crippen LogP contribution in [-0.2, 0) is 10.0 Å². The molecule has 0 spiro atoms. The van der Waals surface area contributed by atoms with Crippen LogP contribution in [0.3, 0.4) is 0 Å². The molecule has 198 valence electrons. The van der Waals surface area contributed by atoms with Gasteiger partial charge in [0.1, 0.15) is 10.6 Å². The van der Waals surface area contributed by atoms with E-state index in [4.69, 9.17) is 0 Å². The molecule has 13 heteroatoms. The Morgan fingerprint density at radius 3 is 2.46 bits per heavy atom. The third-order valence-corrected chi connectivity index (χ3v) is 7.77. The summed E-state index contributed by atoms with van der Waals surface area (Å²) in [6, 6.07) is 13.6. The summed E-state index contributed by atoms with van der Waals surface area (Å²) < 4.78 is 69.2. The summed E-state index contributed by atoms with van der Waals surface area (Å²) in [5, 5.41) is 6.46. The van der Waals surface area contributed by atoms with Crippen molar-refractivity contribution in [3.63, 3.8) is 0 Å². The number of anilines is 1. The van der Waals surface area contributed by atoms with Crippen LogP contribution in [0.25, 0.3) is 10.9 Å². The minimum Gasteiger partial charge on any atom is -0.404 e. The van der Waals surface area contributed by atoms with Crippen LogP contribution in [0.2, 0.25) is 0 Å². The lowest BCUT2D eigenvalue weighted by molar-refractivity contribution is -0.275. The number of carbonyl (C=O) groups excluding carboxylic acids is 1. The van der Waals surface area contributed by atoms with Crippen molar-refractivity contribution in [2.75, 3.05) is 44.6 Å². The first-order valence-corrected chi connectivity index (χ1v) is 13.0. The van der Waals surface area contributed by atoms with E-state index in [-0.39, 0.29) is 19.1 Å². The van der Waals surface area contributed by atoms with E-state index in [1.165, 1.54) is 12.1 Å². The molecular weight excluding hydrogens is 511 g/mol. The molecule has 1 fully saturated rings. The van der Waals surface area contributed by atoms with Gasteiger partial charge in [-0.2, -0.15) is 4.31 Å². The number of para-hydroxylation sites is 2. The number of nitrogens with one attached hydrogen (secondary N) is 2. The summed E-state index contributed by atoms with van der Waals surface area (Å²) in [5.41, 5.74) is 2.20. The number of rotatable bonds is 7. The van der Waals surface area contributed by atoms with Gasteiger partial charge in [-0.15, -0.1) is 13.2 Å². The number of sulfonamides is 1. The molecule has 0 aliphatic carbocycles. The fraction of sp³-hybridized carbons (Fsp3) is 0.333. The first kappa shape index (κ1) is 26.6. The number of carbonyl (C=O) groups is 1. The summed E-state index contributed by atoms with van der Waals surface area (Å²) in [5.74, 6) is -0.759. The van der Waals surface area contributed by atoms with Crippen molar-refractivity contribution in [3.8, 4) is 5.75 Å². The number of piperazine rings is 1. The highest BCUT2D eigenvalue weighted by molar-refractivity contribution is 7.89. The Balaban J connectivity index is 1.28. The number of hydrogen-bond acceptors (Lipinski definition) is 6. The third kappa shape index (κ3) is 6.67. The summed E-state index contributed by atoms with van der Waals surface area (Å²) >= 11 is 0. The lowest BCUT2D eigenvalue weighted by Gasteiger charge is -2.34. The van der Waals surface area contributed by atoms with Gasteiger partial charge in [0.05, 0.1) is 11.2 Å². The van der Waals surface area contributed by atoms with Crippen LogP contribution in [0.4, 0.5) is 23.7 Å². The quantitative estimate of drug-likeness (QED) is 0.478. The van der Waals surface area contributed by atoms with Crippen molar-refractivity contribution in [3.05, 3.63) is 60.3 Å². The molecule has 0 saturated carbocycles. The second-order valence-corrected chi connectivity index (χ2v) is 10.4. The molecule has 9 nitrogen and oxygen atoms in total. The van der Waals surface area contributed by atoms with Gasteiger partial charge >= 0.3 is 12.4 Å². The molecule has 0 unspecified atom stereocenters. The van der Waals surface area contributed by atoms with Crippen LogP contribution >= 0.6 is 0 Å². The summed E-state index contributed by atoms with van der Waals surface area (Å²) in [6.45, 7) is 3.55. The highest BCUT2D eigenvalue weighted by Gasteiger charge is 2.36. The number of urea groups is 1. The van der Waals surface area contributed by atoms with Crippen LogP contribution in [0, 0.1) is 6.92 Å². The monoisotopic (exact) mass is 537 g/mol. The van der Waals surface area contributed by atoms with E-state index in [1.807, 2.05) is 36.1 Å². The molecular formula is C24H26F3N5O4S. The molecule has 2 aromatic carbocycles. The van der Waals surface area contributed by atoms with Crippen molar-refractivity contribution in [1.29, 1.82) is 0 Å². The summed E-state index contributed by atoms with van der Waals surface area (Å²) in [7, 11) is -4.18. The van der Waals surface area contributed by atoms with Crippen LogP contribution in [0.5, 0.6) is 5.75 Å². The minimum atomic E-state index is -5.01. The Bertz CT molecular complexity index is 1380. The molecule has 0 radical (unpaired) electrons. The topological polar surface area (TPSA) is 104 Å². The predicted octanol–water partition coefficient (Wildman–Crippen LogP) is 3.57. The van der Waals surface area contributed by atoms with E-state index in [2.05, 4.69) is 20.4 Å². The molecule has 2 heterocycles. The first-order chi connectivity index (χ1) is 17.5. The second kappa shape index (κ2) is 10.9. The number of ether oxygens (including phenoxy) is 1. The molecule has 4 rings (SSSR count). The second-order valence-electron chi connectivity index (χ2n) is 8.45. The molecule has 2 N–H and O–H groups in total. The number of halogens is 3. The smallest absolute Gasteiger partial charge is 0.404 e. The zero-order valence-electron chi connectivity index (χ0n) is 20.0. The zero-order valence-corrected chi connectivity index (χ0v) is 20.8. The molecule has 37 heavy (non-hydrogen) atoms. The average Bonchev–Trinajstić information content (AvgIpc) is 2.83. The van der Waals surface area contributed by atoms with Gasteiger partial charge in [-0.25, -0.2) is 13.2 Å². The first-order valence-electron chi connectivity index (χ1n) is 11.5. The van der Waals surface area contributed by atoms with Crippen molar-refractivity contribution < 1.29 is 31.1 Å². The van der Waals surface area contributed by atoms with E-state index in [9.17, 15) is 26.4 Å². The van der Waals surface area contributed by atoms with Gasteiger partial charge in [-0.1, -0.05) is 30.3 Å². The molecule has 0 atom stereocenters. The fourth-order valence-electron chi connectivity index (χ4n) is 4.11. The van der Waals surface area contributed by atoms with Gasteiger partial charge in [0.2, 0.25) is 10.0 Å². The number of benzene rings is 2. The van der Waals surface area contributed by atoms with Gasteiger partial charge in [-0.05, 0) is 31.2 Å². The number of hydrogen-bond donors (Lipinski definition) is 2. The van der Waals surface area contributed by atoms with Crippen LogP contribution in [-0.4, -0.2) is 74.3 Å². The maximum absolute atomic E-state index is 13.0. The number of pyridine rings is 1. The Morgan fingerprint density at radius 2 is 1.73 bits per heavy atom. The van der Waals surface area contributed by atoms with Crippen molar-refractivity contribution in [1.82, 2.24) is 19.5 Å². The molecule has 1 aliphatic heterocycles. The Labute approximate surface area is 212 Å². The molecule has 1 saturated heterocycles. The van der Waals surface area contributed by atoms with E-state index in [1.54, 1.807) is 6.07 Å². The Morgan fingerprint density at radius 1 is 1.05 bits per heavy atom. The number of alkyl halides is 3. The molecule has 2 amide bonds. The fourth-order valence-corrected chi connectivity index (χ4v) is 5.65. The van der Waals surface area contributed by atoms with Crippen LogP contribution in [0.1, 0.15) is 5.69 Å². The van der Waals surface area contributed by atoms with E-state index >= 15 is 0 Å². The lowest BCUT2D eigenvalue weighted by atomic mass is 10.1. The number of aryl methyl sites for hydroxylation is 1. The highest BCUT2D eigenvalue weighted by atomic mass is 32.2. The SMILES string of the molecule is Cc1cc(NC(=O)NCCN2CCN(S(=O)(=O)c3ccccc3OC(F)(F)F)CC2)c2ccccc2n1. The summed E-state index contributed by atoms with van der Waals surface area (Å²) in [4.78, 5) is 18.3. The molecule has 3 aromatic rings. The number of fused-ring (bicyclic) bond motifs is 1. The normalized spacial score (nSPS) is 15.5. The van der Waals surface area contributed by atoms with Gasteiger partial charge < -0.3 is 15.4 Å². The maximum Gasteiger partial charge on any atom is 0.573 e. The molecule has 1 aliphatic rings. The highest BCUT2D eigenvalue weighted by Crippen LogP contribution is 2.31. The molecule has 0 bridgehead atoms. The van der Waals surface area contributed by atoms with E-state index in [0.717, 1.165) is 33.0 Å². The zero-order chi connectivity index (χ0) is 26.6. The van der Waals surface area contributed by atoms with Gasteiger partial charge in [-0.3, -0.25) is 9.88 Å². The van der Waals surface area contributed by atoms with Crippen molar-refractivity contribution in [2.24, 2.45) is 0 Å². The lowest BCUT2D eigenvalue weighted by Crippen LogP contribution is -2.50. The number of amides is 2. The van der Waals surface area contributed by atoms with Crippen LogP contribution in [0.15, 0.2) is 59.5 Å². The van der Waals surface area contributed by atoms with E-state index in [0.29, 0.717) is 31.9 Å². The number of aromatic nitrogens is 1. The van der Waals surface area contributed by atoms with Gasteiger partial charge in [0.15, 0.2) is 0 Å². The number of nitrogens with zero attached hydrogens (tertiary/aromatic N) is 3.